The van der Waals surface area contributed by atoms with Gasteiger partial charge in [-0.15, -0.1) is 22.7 Å². The van der Waals surface area contributed by atoms with Crippen molar-refractivity contribution in [2.45, 2.75) is 50.6 Å². The number of thiophene rings is 2. The number of hydrogen-bond acceptors (Lipinski definition) is 14. The van der Waals surface area contributed by atoms with Crippen LogP contribution in [0.4, 0.5) is 17.3 Å². The Hall–Kier alpha value is -7.06. The van der Waals surface area contributed by atoms with E-state index in [1.165, 1.54) is 12.1 Å². The lowest BCUT2D eigenvalue weighted by Gasteiger charge is -2.08. The highest BCUT2D eigenvalue weighted by atomic mass is 35.5. The largest absolute Gasteiger partial charge is 0.399 e. The fraction of sp³-hybridized carbons (Fsp3) is 0.156. The molecule has 0 saturated heterocycles. The van der Waals surface area contributed by atoms with Crippen molar-refractivity contribution in [3.8, 4) is 34.7 Å². The molecule has 64 heavy (non-hydrogen) atoms. The zero-order valence-corrected chi connectivity index (χ0v) is 37.9. The average Bonchev–Trinajstić information content (AvgIpc) is 4.13. The first-order valence-electron chi connectivity index (χ1n) is 19.5. The van der Waals surface area contributed by atoms with E-state index in [-0.39, 0.29) is 22.3 Å². The van der Waals surface area contributed by atoms with E-state index < -0.39 is 10.1 Å². The minimum absolute atomic E-state index is 0.0244. The summed E-state index contributed by atoms with van der Waals surface area (Å²) in [6.45, 7) is 5.77. The first-order valence-corrected chi connectivity index (χ1v) is 23.1. The van der Waals surface area contributed by atoms with Crippen LogP contribution in [-0.4, -0.2) is 52.5 Å². The monoisotopic (exact) mass is 928 g/mol. The molecule has 0 saturated carbocycles. The van der Waals surface area contributed by atoms with Gasteiger partial charge in [0.15, 0.2) is 0 Å². The van der Waals surface area contributed by atoms with Crippen LogP contribution < -0.4 is 11.1 Å². The summed E-state index contributed by atoms with van der Waals surface area (Å²) in [6, 6.07) is 33.6. The highest BCUT2D eigenvalue weighted by Crippen LogP contribution is 2.33. The number of nitrogens with two attached hydrogens (primary N) is 1. The molecule has 2 unspecified atom stereocenters. The topological polar surface area (TPSA) is 227 Å². The predicted molar refractivity (Wildman–Crippen MR) is 254 cm³/mol. The van der Waals surface area contributed by atoms with Gasteiger partial charge in [-0.3, -0.25) is 13.9 Å². The fourth-order valence-corrected chi connectivity index (χ4v) is 8.15. The number of rotatable bonds is 9. The smallest absolute Gasteiger partial charge is 0.294 e. The summed E-state index contributed by atoms with van der Waals surface area (Å²) in [4.78, 5) is 17.8. The molecule has 0 fully saturated rings. The van der Waals surface area contributed by atoms with Crippen LogP contribution in [0.2, 0.25) is 5.28 Å². The standard InChI is InChI=1S/C19H16N6S.C13H10ClN5S.C7H8O3S.C6H7N/c1-13(7-9-20)25-12-14(11-21-25)17-18-16(8-10-26-18)23-19(24-17)22-15-5-3-2-4-6-15;1-8(2-4-15)19-7-9(6-16-19)11-12-10(3-5-20-12)17-13(14)18-11;1-6-2-4-7(5-3-6)11(8,9)10;7-6-4-2-1-3-5-6/h2-6,8,10-13H,7H2,1H3,(H,22,23,24);3,5-8H,2H2,1H3;2-5H,1H3,(H,8,9,10);1-5H,7H2. The number of para-hydroxylation sites is 2. The Morgan fingerprint density at radius 3 is 1.72 bits per heavy atom. The molecule has 0 aliphatic heterocycles. The molecule has 9 rings (SSSR count). The summed E-state index contributed by atoms with van der Waals surface area (Å²) in [6.07, 6.45) is 8.20. The Balaban J connectivity index is 0.000000157. The summed E-state index contributed by atoms with van der Waals surface area (Å²) in [5.41, 5.74) is 13.2. The van der Waals surface area contributed by atoms with E-state index in [2.05, 4.69) is 42.6 Å². The number of nitriles is 2. The van der Waals surface area contributed by atoms with Crippen molar-refractivity contribution in [3.05, 3.63) is 143 Å². The van der Waals surface area contributed by atoms with Gasteiger partial charge in [0.1, 0.15) is 0 Å². The highest BCUT2D eigenvalue weighted by Gasteiger charge is 2.16. The number of nitrogen functional groups attached to an aromatic ring is 1. The molecule has 4 N–H and O–H groups in total. The van der Waals surface area contributed by atoms with E-state index in [0.717, 1.165) is 59.9 Å². The third kappa shape index (κ3) is 12.5. The van der Waals surface area contributed by atoms with Crippen LogP contribution in [0.15, 0.2) is 138 Å². The Kier molecular flexibility index (Phi) is 15.8. The van der Waals surface area contributed by atoms with Gasteiger partial charge in [-0.2, -0.15) is 29.1 Å². The molecule has 0 spiro atoms. The Morgan fingerprint density at radius 2 is 1.23 bits per heavy atom. The maximum absolute atomic E-state index is 10.5. The Bertz CT molecular complexity index is 3120. The maximum Gasteiger partial charge on any atom is 0.294 e. The highest BCUT2D eigenvalue weighted by molar-refractivity contribution is 7.85. The number of aryl methyl sites for hydroxylation is 1. The molecule has 19 heteroatoms. The molecule has 0 radical (unpaired) electrons. The van der Waals surface area contributed by atoms with Gasteiger partial charge in [-0.05, 0) is 91.7 Å². The van der Waals surface area contributed by atoms with Crippen molar-refractivity contribution in [3.63, 3.8) is 0 Å². The molecule has 6 aromatic heterocycles. The van der Waals surface area contributed by atoms with Gasteiger partial charge in [-0.25, -0.2) is 19.9 Å². The fourth-order valence-electron chi connectivity index (χ4n) is 5.81. The van der Waals surface area contributed by atoms with Gasteiger partial charge in [0.2, 0.25) is 11.2 Å². The second-order valence-electron chi connectivity index (χ2n) is 14.0. The third-order valence-corrected chi connectivity index (χ3v) is 12.0. The van der Waals surface area contributed by atoms with E-state index in [1.807, 2.05) is 121 Å². The van der Waals surface area contributed by atoms with Crippen molar-refractivity contribution < 1.29 is 13.0 Å². The maximum atomic E-state index is 10.5. The van der Waals surface area contributed by atoms with Gasteiger partial charge in [0, 0.05) is 34.9 Å². The molecule has 3 aromatic carbocycles. The molecular weight excluding hydrogens is 888 g/mol. The lowest BCUT2D eigenvalue weighted by molar-refractivity contribution is 0.483. The molecule has 15 nitrogen and oxygen atoms in total. The SMILES string of the molecule is CC(CC#N)n1cc(-c2nc(Cl)nc3ccsc23)cn1.CC(CC#N)n1cc(-c2nc(Nc3ccccc3)nc3ccsc23)cn1.Cc1ccc(S(=O)(=O)O)cc1.Nc1ccccc1. The number of anilines is 3. The van der Waals surface area contributed by atoms with Gasteiger partial charge in [-0.1, -0.05) is 54.1 Å². The van der Waals surface area contributed by atoms with Gasteiger partial charge < -0.3 is 11.1 Å². The van der Waals surface area contributed by atoms with Crippen LogP contribution in [0, 0.1) is 29.6 Å². The molecule has 2 atom stereocenters. The molecular formula is C45H41ClN12O3S3. The van der Waals surface area contributed by atoms with E-state index in [9.17, 15) is 8.42 Å². The molecule has 0 aliphatic carbocycles. The van der Waals surface area contributed by atoms with E-state index in [0.29, 0.717) is 18.8 Å². The lowest BCUT2D eigenvalue weighted by Crippen LogP contribution is -2.04. The second kappa shape index (κ2) is 21.8. The molecule has 0 aliphatic rings. The van der Waals surface area contributed by atoms with Crippen molar-refractivity contribution in [1.29, 1.82) is 10.5 Å². The minimum Gasteiger partial charge on any atom is -0.399 e. The third-order valence-electron chi connectivity index (χ3n) is 9.15. The molecule has 6 heterocycles. The Labute approximate surface area is 382 Å². The van der Waals surface area contributed by atoms with Crippen molar-refractivity contribution >= 4 is 82.1 Å². The van der Waals surface area contributed by atoms with Crippen LogP contribution >= 0.6 is 34.3 Å². The van der Waals surface area contributed by atoms with Crippen LogP contribution in [0.1, 0.15) is 44.3 Å². The van der Waals surface area contributed by atoms with Gasteiger partial charge in [0.05, 0.1) is 86.2 Å². The summed E-state index contributed by atoms with van der Waals surface area (Å²) in [5.74, 6) is 0.551. The number of nitrogens with one attached hydrogen (secondary N) is 1. The van der Waals surface area contributed by atoms with Crippen LogP contribution in [-0.2, 0) is 10.1 Å². The lowest BCUT2D eigenvalue weighted by atomic mass is 10.2. The first-order chi connectivity index (χ1) is 30.8. The number of nitrogens with zero attached hydrogens (tertiary/aromatic N) is 10. The molecule has 324 valence electrons. The summed E-state index contributed by atoms with van der Waals surface area (Å²) >= 11 is 9.14. The number of aromatic nitrogens is 8. The average molecular weight is 930 g/mol. The van der Waals surface area contributed by atoms with Crippen LogP contribution in [0.5, 0.6) is 0 Å². The first kappa shape index (κ1) is 46.4. The molecule has 0 amide bonds. The van der Waals surface area contributed by atoms with Gasteiger partial charge in [0.25, 0.3) is 10.1 Å². The quantitative estimate of drug-likeness (QED) is 0.0696. The number of halogens is 1. The van der Waals surface area contributed by atoms with E-state index in [4.69, 9.17) is 37.4 Å². The molecule has 0 bridgehead atoms. The van der Waals surface area contributed by atoms with Crippen molar-refractivity contribution in [2.75, 3.05) is 11.1 Å². The number of fused-ring (bicyclic) bond motifs is 2. The number of hydrogen-bond donors (Lipinski definition) is 3. The molecule has 9 aromatic rings. The Morgan fingerprint density at radius 1 is 0.734 bits per heavy atom. The van der Waals surface area contributed by atoms with Gasteiger partial charge >= 0.3 is 0 Å². The zero-order valence-electron chi connectivity index (χ0n) is 34.7. The van der Waals surface area contributed by atoms with E-state index in [1.54, 1.807) is 51.9 Å². The van der Waals surface area contributed by atoms with Crippen LogP contribution in [0.3, 0.4) is 0 Å². The summed E-state index contributed by atoms with van der Waals surface area (Å²) in [5, 5.41) is 33.8. The van der Waals surface area contributed by atoms with Crippen LogP contribution in [0.25, 0.3) is 42.9 Å². The van der Waals surface area contributed by atoms with E-state index >= 15 is 0 Å². The zero-order chi connectivity index (χ0) is 45.6. The minimum atomic E-state index is -4.02. The second-order valence-corrected chi connectivity index (χ2v) is 17.6. The summed E-state index contributed by atoms with van der Waals surface area (Å²) < 4.78 is 35.1. The summed E-state index contributed by atoms with van der Waals surface area (Å²) in [7, 11) is -4.02. The normalized spacial score (nSPS) is 11.7. The predicted octanol–water partition coefficient (Wildman–Crippen LogP) is 11.0. The van der Waals surface area contributed by atoms with Crippen molar-refractivity contribution in [2.24, 2.45) is 0 Å². The van der Waals surface area contributed by atoms with Crippen molar-refractivity contribution in [1.82, 2.24) is 39.5 Å². The number of benzene rings is 3.